The normalized spacial score (nSPS) is 26.2. The molecule has 0 aromatic heterocycles. The van der Waals surface area contributed by atoms with Gasteiger partial charge in [-0.05, 0) is 43.0 Å². The van der Waals surface area contributed by atoms with Crippen molar-refractivity contribution in [3.8, 4) is 0 Å². The molecule has 0 saturated heterocycles. The average Bonchev–Trinajstić information content (AvgIpc) is 2.54. The Morgan fingerprint density at radius 1 is 1.15 bits per heavy atom. The van der Waals surface area contributed by atoms with Crippen LogP contribution in [0.4, 0.5) is 0 Å². The molecule has 0 amide bonds. The molecule has 0 aliphatic heterocycles. The molecule has 2 nitrogen and oxygen atoms in total. The maximum absolute atomic E-state index is 9.00. The van der Waals surface area contributed by atoms with Crippen LogP contribution in [0.3, 0.4) is 0 Å². The molecule has 1 saturated carbocycles. The second kappa shape index (κ2) is 3.47. The third-order valence-corrected chi connectivity index (χ3v) is 3.74. The molecule has 3 heteroatoms. The summed E-state index contributed by atoms with van der Waals surface area (Å²) in [5, 5.41) is 18.0. The van der Waals surface area contributed by atoms with Crippen molar-refractivity contribution in [3.05, 3.63) is 11.5 Å². The molecule has 0 heterocycles. The Hall–Kier alpha value is -0.275. The van der Waals surface area contributed by atoms with E-state index in [0.29, 0.717) is 5.41 Å². The van der Waals surface area contributed by atoms with E-state index in [-0.39, 0.29) is 0 Å². The Morgan fingerprint density at radius 2 is 1.85 bits per heavy atom. The summed E-state index contributed by atoms with van der Waals surface area (Å²) in [5.41, 5.74) is 1.37. The monoisotopic (exact) mass is 180 g/mol. The summed E-state index contributed by atoms with van der Waals surface area (Å²) in [6, 6.07) is 0. The van der Waals surface area contributed by atoms with Crippen LogP contribution in [-0.4, -0.2) is 17.2 Å². The van der Waals surface area contributed by atoms with E-state index in [2.05, 4.69) is 6.08 Å². The molecule has 0 atom stereocenters. The first kappa shape index (κ1) is 9.29. The van der Waals surface area contributed by atoms with Crippen LogP contribution in [-0.2, 0) is 0 Å². The molecule has 2 aliphatic carbocycles. The third-order valence-electron chi connectivity index (χ3n) is 3.74. The third kappa shape index (κ3) is 1.81. The number of hydrogen-bond acceptors (Lipinski definition) is 2. The van der Waals surface area contributed by atoms with Crippen molar-refractivity contribution in [1.29, 1.82) is 0 Å². The molecule has 1 fully saturated rings. The molecule has 2 rings (SSSR count). The lowest BCUT2D eigenvalue weighted by Gasteiger charge is -2.32. The van der Waals surface area contributed by atoms with Crippen LogP contribution in [0.5, 0.6) is 0 Å². The maximum Gasteiger partial charge on any atom is 0.483 e. The van der Waals surface area contributed by atoms with Crippen LogP contribution < -0.4 is 0 Å². The maximum atomic E-state index is 9.00. The predicted octanol–water partition coefficient (Wildman–Crippen LogP) is 1.67. The molecule has 1 spiro atoms. The van der Waals surface area contributed by atoms with Crippen molar-refractivity contribution in [2.24, 2.45) is 5.41 Å². The molecule has 0 unspecified atom stereocenters. The minimum absolute atomic E-state index is 0.540. The van der Waals surface area contributed by atoms with E-state index in [1.807, 2.05) is 0 Å². The van der Waals surface area contributed by atoms with Gasteiger partial charge in [-0.1, -0.05) is 18.9 Å². The van der Waals surface area contributed by atoms with Crippen molar-refractivity contribution in [2.45, 2.75) is 44.9 Å². The van der Waals surface area contributed by atoms with Gasteiger partial charge in [-0.3, -0.25) is 0 Å². The van der Waals surface area contributed by atoms with E-state index >= 15 is 0 Å². The van der Waals surface area contributed by atoms with E-state index < -0.39 is 7.12 Å². The van der Waals surface area contributed by atoms with E-state index in [1.54, 1.807) is 0 Å². The minimum Gasteiger partial charge on any atom is -0.423 e. The second-order valence-corrected chi connectivity index (χ2v) is 4.56. The van der Waals surface area contributed by atoms with Crippen LogP contribution in [0, 0.1) is 5.41 Å². The summed E-state index contributed by atoms with van der Waals surface area (Å²) < 4.78 is 0. The van der Waals surface area contributed by atoms with Crippen LogP contribution in [0.1, 0.15) is 44.9 Å². The molecule has 0 bridgehead atoms. The van der Waals surface area contributed by atoms with Crippen molar-refractivity contribution in [1.82, 2.24) is 0 Å². The highest BCUT2D eigenvalue weighted by Gasteiger charge is 2.36. The van der Waals surface area contributed by atoms with Crippen LogP contribution in [0.2, 0.25) is 0 Å². The van der Waals surface area contributed by atoms with E-state index in [1.165, 1.54) is 25.7 Å². The van der Waals surface area contributed by atoms with Crippen molar-refractivity contribution >= 4 is 7.12 Å². The van der Waals surface area contributed by atoms with Gasteiger partial charge < -0.3 is 10.0 Å². The van der Waals surface area contributed by atoms with Crippen LogP contribution >= 0.6 is 0 Å². The lowest BCUT2D eigenvalue weighted by Crippen LogP contribution is -2.25. The van der Waals surface area contributed by atoms with Gasteiger partial charge in [0.05, 0.1) is 0 Å². The summed E-state index contributed by atoms with van der Waals surface area (Å²) in [5.74, 6) is 0. The van der Waals surface area contributed by atoms with E-state index in [0.717, 1.165) is 24.7 Å². The van der Waals surface area contributed by atoms with Gasteiger partial charge in [0.15, 0.2) is 0 Å². The fourth-order valence-corrected chi connectivity index (χ4v) is 2.77. The first-order valence-electron chi connectivity index (χ1n) is 5.27. The summed E-state index contributed by atoms with van der Waals surface area (Å²) in [6.45, 7) is 0. The fourth-order valence-electron chi connectivity index (χ4n) is 2.77. The Labute approximate surface area is 79.8 Å². The van der Waals surface area contributed by atoms with Gasteiger partial charge in [0.1, 0.15) is 0 Å². The molecule has 72 valence electrons. The zero-order valence-electron chi connectivity index (χ0n) is 8.00. The van der Waals surface area contributed by atoms with Gasteiger partial charge in [-0.2, -0.15) is 0 Å². The van der Waals surface area contributed by atoms with E-state index in [4.69, 9.17) is 10.0 Å². The predicted molar refractivity (Wildman–Crippen MR) is 53.0 cm³/mol. The Morgan fingerprint density at radius 3 is 2.31 bits per heavy atom. The topological polar surface area (TPSA) is 40.5 Å². The van der Waals surface area contributed by atoms with E-state index in [9.17, 15) is 0 Å². The summed E-state index contributed by atoms with van der Waals surface area (Å²) >= 11 is 0. The molecule has 2 aliphatic rings. The van der Waals surface area contributed by atoms with Crippen LogP contribution in [0.25, 0.3) is 0 Å². The first-order chi connectivity index (χ1) is 6.22. The van der Waals surface area contributed by atoms with Crippen molar-refractivity contribution in [2.75, 3.05) is 0 Å². The Balaban J connectivity index is 2.02. The highest BCUT2D eigenvalue weighted by Crippen LogP contribution is 2.48. The van der Waals surface area contributed by atoms with Gasteiger partial charge in [-0.15, -0.1) is 0 Å². The largest absolute Gasteiger partial charge is 0.483 e. The lowest BCUT2D eigenvalue weighted by molar-refractivity contribution is 0.262. The molecule has 0 aromatic carbocycles. The quantitative estimate of drug-likeness (QED) is 0.602. The summed E-state index contributed by atoms with van der Waals surface area (Å²) in [4.78, 5) is 0. The highest BCUT2D eigenvalue weighted by molar-refractivity contribution is 6.50. The minimum atomic E-state index is -1.21. The van der Waals surface area contributed by atoms with Gasteiger partial charge in [-0.25, -0.2) is 0 Å². The van der Waals surface area contributed by atoms with Gasteiger partial charge in [0.2, 0.25) is 0 Å². The molecular weight excluding hydrogens is 163 g/mol. The zero-order valence-corrected chi connectivity index (χ0v) is 8.00. The molecule has 0 aromatic rings. The van der Waals surface area contributed by atoms with Crippen LogP contribution in [0.15, 0.2) is 11.5 Å². The SMILES string of the molecule is OB(O)C1=CCC2(CCCC2)CC1. The standard InChI is InChI=1S/C10H17BO2/c12-11(13)9-3-7-10(8-4-9)5-1-2-6-10/h3,12-13H,1-2,4-8H2. The Kier molecular flexibility index (Phi) is 2.48. The smallest absolute Gasteiger partial charge is 0.423 e. The number of hydrogen-bond donors (Lipinski definition) is 2. The molecule has 0 radical (unpaired) electrons. The second-order valence-electron chi connectivity index (χ2n) is 4.56. The van der Waals surface area contributed by atoms with Gasteiger partial charge >= 0.3 is 7.12 Å². The van der Waals surface area contributed by atoms with Gasteiger partial charge in [0, 0.05) is 0 Å². The molecule has 13 heavy (non-hydrogen) atoms. The highest BCUT2D eigenvalue weighted by atomic mass is 16.4. The number of rotatable bonds is 1. The fraction of sp³-hybridized carbons (Fsp3) is 0.800. The van der Waals surface area contributed by atoms with Gasteiger partial charge in [0.25, 0.3) is 0 Å². The molecular formula is C10H17BO2. The Bertz CT molecular complexity index is 217. The summed E-state index contributed by atoms with van der Waals surface area (Å²) in [7, 11) is -1.21. The number of allylic oxidation sites excluding steroid dienone is 2. The first-order valence-corrected chi connectivity index (χ1v) is 5.27. The van der Waals surface area contributed by atoms with Crippen molar-refractivity contribution in [3.63, 3.8) is 0 Å². The average molecular weight is 180 g/mol. The summed E-state index contributed by atoms with van der Waals surface area (Å²) in [6.07, 6.45) is 10.6. The van der Waals surface area contributed by atoms with Crippen molar-refractivity contribution < 1.29 is 10.0 Å². The zero-order chi connectivity index (χ0) is 9.31. The lowest BCUT2D eigenvalue weighted by atomic mass is 9.65. The molecule has 2 N–H and O–H groups in total.